The van der Waals surface area contributed by atoms with E-state index in [0.29, 0.717) is 22.4 Å². The summed E-state index contributed by atoms with van der Waals surface area (Å²) in [6.07, 6.45) is 3.20. The van der Waals surface area contributed by atoms with E-state index in [2.05, 4.69) is 34.6 Å². The molecule has 0 aromatic heterocycles. The average molecular weight is 323 g/mol. The van der Waals surface area contributed by atoms with Crippen molar-refractivity contribution in [2.45, 2.75) is 64.6 Å². The van der Waals surface area contributed by atoms with Crippen molar-refractivity contribution in [1.82, 2.24) is 0 Å². The molecule has 0 atom stereocenters. The Bertz CT molecular complexity index is 475. The third kappa shape index (κ3) is 4.13. The predicted molar refractivity (Wildman–Crippen MR) is 94.7 cm³/mol. The van der Waals surface area contributed by atoms with E-state index >= 15 is 0 Å². The third-order valence-electron chi connectivity index (χ3n) is 4.50. The number of aldehydes is 1. The van der Waals surface area contributed by atoms with Crippen molar-refractivity contribution >= 4 is 14.6 Å². The molecule has 22 heavy (non-hydrogen) atoms. The van der Waals surface area contributed by atoms with Gasteiger partial charge in [0, 0.05) is 5.56 Å². The zero-order valence-corrected chi connectivity index (χ0v) is 15.8. The van der Waals surface area contributed by atoms with Gasteiger partial charge in [-0.3, -0.25) is 4.79 Å². The number of carbonyl (C=O) groups excluding carboxylic acids is 1. The summed E-state index contributed by atoms with van der Waals surface area (Å²) in [4.78, 5) is 10.9. The van der Waals surface area contributed by atoms with Crippen molar-refractivity contribution in [3.05, 3.63) is 23.8 Å². The van der Waals surface area contributed by atoms with Gasteiger partial charge in [-0.1, -0.05) is 47.5 Å². The first kappa shape index (κ1) is 18.8. The molecule has 0 unspecified atom stereocenters. The number of carbonyl (C=O) groups is 1. The number of hydrogen-bond acceptors (Lipinski definition) is 3. The molecule has 0 bridgehead atoms. The van der Waals surface area contributed by atoms with Gasteiger partial charge in [0.15, 0.2) is 5.75 Å². The maximum absolute atomic E-state index is 10.9. The van der Waals surface area contributed by atoms with Crippen molar-refractivity contribution in [3.63, 3.8) is 0 Å². The van der Waals surface area contributed by atoms with Crippen LogP contribution in [0, 0.1) is 0 Å². The number of ether oxygens (including phenoxy) is 1. The molecule has 0 aliphatic heterocycles. The van der Waals surface area contributed by atoms with Crippen molar-refractivity contribution in [2.75, 3.05) is 7.11 Å². The molecule has 0 radical (unpaired) electrons. The average Bonchev–Trinajstić information content (AvgIpc) is 2.50. The summed E-state index contributed by atoms with van der Waals surface area (Å²) in [7, 11) is -0.334. The van der Waals surface area contributed by atoms with Crippen molar-refractivity contribution < 1.29 is 14.0 Å². The van der Waals surface area contributed by atoms with E-state index in [4.69, 9.17) is 9.16 Å². The van der Waals surface area contributed by atoms with E-state index in [9.17, 15) is 4.79 Å². The summed E-state index contributed by atoms with van der Waals surface area (Å²) in [5.41, 5.74) is 1.66. The molecule has 3 nitrogen and oxygen atoms in total. The highest BCUT2D eigenvalue weighted by Crippen LogP contribution is 2.41. The minimum Gasteiger partial charge on any atom is -0.540 e. The zero-order chi connectivity index (χ0) is 16.8. The zero-order valence-electron chi connectivity index (χ0n) is 14.8. The fourth-order valence-electron chi connectivity index (χ4n) is 3.03. The Morgan fingerprint density at radius 3 is 2.23 bits per heavy atom. The highest BCUT2D eigenvalue weighted by atomic mass is 28.4. The molecular formula is C18H30O3Si. The number of methoxy groups -OCH3 is 1. The Morgan fingerprint density at radius 2 is 1.77 bits per heavy atom. The lowest BCUT2D eigenvalue weighted by Crippen LogP contribution is -2.47. The largest absolute Gasteiger partial charge is 0.540 e. The predicted octanol–water partition coefficient (Wildman–Crippen LogP) is 5.45. The number of unbranched alkanes of at least 4 members (excludes halogenated alkanes) is 1. The Hall–Kier alpha value is -1.29. The van der Waals surface area contributed by atoms with Crippen LogP contribution in [0.2, 0.25) is 17.1 Å². The highest BCUT2D eigenvalue weighted by Gasteiger charge is 2.43. The summed E-state index contributed by atoms with van der Waals surface area (Å²) >= 11 is 0. The fraction of sp³-hybridized carbons (Fsp3) is 0.611. The lowest BCUT2D eigenvalue weighted by molar-refractivity contribution is 0.112. The summed E-state index contributed by atoms with van der Waals surface area (Å²) in [6, 6.07) is 6.57. The standard InChI is InChI=1S/C18H30O3Si/c1-7-8-11-22(14(2)3,15(4)5)21-17-10-9-16(13-19)12-18(17)20-6/h9-10,12-15H,7-8,11H2,1-6H3. The quantitative estimate of drug-likeness (QED) is 0.448. The van der Waals surface area contributed by atoms with Gasteiger partial charge in [-0.15, -0.1) is 0 Å². The molecule has 0 saturated heterocycles. The lowest BCUT2D eigenvalue weighted by Gasteiger charge is -2.39. The molecule has 1 aromatic carbocycles. The minimum atomic E-state index is -1.96. The van der Waals surface area contributed by atoms with Crippen molar-refractivity contribution in [3.8, 4) is 11.5 Å². The van der Waals surface area contributed by atoms with Crippen LogP contribution in [0.4, 0.5) is 0 Å². The molecule has 4 heteroatoms. The maximum Gasteiger partial charge on any atom is 0.256 e. The minimum absolute atomic E-state index is 0.523. The number of hydrogen-bond donors (Lipinski definition) is 0. The molecule has 0 aliphatic carbocycles. The van der Waals surface area contributed by atoms with Gasteiger partial charge in [-0.2, -0.15) is 0 Å². The molecule has 0 saturated carbocycles. The third-order valence-corrected chi connectivity index (χ3v) is 10.1. The van der Waals surface area contributed by atoms with Gasteiger partial charge in [-0.05, 0) is 35.3 Å². The van der Waals surface area contributed by atoms with E-state index in [0.717, 1.165) is 18.1 Å². The Kier molecular flexibility index (Phi) is 7.13. The van der Waals surface area contributed by atoms with Crippen LogP contribution in [0.3, 0.4) is 0 Å². The summed E-state index contributed by atoms with van der Waals surface area (Å²) in [5.74, 6) is 1.43. The molecular weight excluding hydrogens is 292 g/mol. The Labute approximate surface area is 136 Å². The van der Waals surface area contributed by atoms with E-state index in [1.54, 1.807) is 19.2 Å². The number of rotatable bonds is 9. The van der Waals surface area contributed by atoms with E-state index < -0.39 is 8.32 Å². The van der Waals surface area contributed by atoms with Crippen molar-refractivity contribution in [2.24, 2.45) is 0 Å². The summed E-state index contributed by atoms with van der Waals surface area (Å²) in [5, 5.41) is 0. The van der Waals surface area contributed by atoms with Crippen LogP contribution in [-0.2, 0) is 0 Å². The fourth-order valence-corrected chi connectivity index (χ4v) is 7.58. The molecule has 0 amide bonds. The maximum atomic E-state index is 10.9. The first-order chi connectivity index (χ1) is 10.4. The Morgan fingerprint density at radius 1 is 1.14 bits per heavy atom. The van der Waals surface area contributed by atoms with Gasteiger partial charge in [-0.25, -0.2) is 0 Å². The van der Waals surface area contributed by atoms with E-state index in [1.165, 1.54) is 12.8 Å². The van der Waals surface area contributed by atoms with Gasteiger partial charge < -0.3 is 9.16 Å². The van der Waals surface area contributed by atoms with Crippen LogP contribution >= 0.6 is 0 Å². The molecule has 0 heterocycles. The number of benzene rings is 1. The SMILES string of the molecule is CCCC[Si](Oc1ccc(C=O)cc1OC)(C(C)C)C(C)C. The molecule has 0 N–H and O–H groups in total. The van der Waals surface area contributed by atoms with Crippen LogP contribution in [0.5, 0.6) is 11.5 Å². The van der Waals surface area contributed by atoms with Crippen LogP contribution < -0.4 is 9.16 Å². The second kappa shape index (κ2) is 8.37. The molecule has 1 rings (SSSR count). The van der Waals surface area contributed by atoms with E-state index in [-0.39, 0.29) is 0 Å². The van der Waals surface area contributed by atoms with Crippen LogP contribution in [0.15, 0.2) is 18.2 Å². The molecule has 1 aromatic rings. The van der Waals surface area contributed by atoms with Gasteiger partial charge in [0.25, 0.3) is 8.32 Å². The first-order valence-electron chi connectivity index (χ1n) is 8.23. The second-order valence-corrected chi connectivity index (χ2v) is 11.4. The molecule has 124 valence electrons. The van der Waals surface area contributed by atoms with Crippen LogP contribution in [0.1, 0.15) is 57.8 Å². The Balaban J connectivity index is 3.20. The van der Waals surface area contributed by atoms with Gasteiger partial charge >= 0.3 is 0 Å². The molecule has 0 fully saturated rings. The van der Waals surface area contributed by atoms with Gasteiger partial charge in [0.05, 0.1) is 7.11 Å². The smallest absolute Gasteiger partial charge is 0.256 e. The monoisotopic (exact) mass is 322 g/mol. The van der Waals surface area contributed by atoms with Gasteiger partial charge in [0.1, 0.15) is 12.0 Å². The van der Waals surface area contributed by atoms with E-state index in [1.807, 2.05) is 6.07 Å². The second-order valence-electron chi connectivity index (χ2n) is 6.50. The van der Waals surface area contributed by atoms with Crippen LogP contribution in [-0.4, -0.2) is 21.7 Å². The first-order valence-corrected chi connectivity index (χ1v) is 10.5. The summed E-state index contributed by atoms with van der Waals surface area (Å²) in [6.45, 7) is 11.3. The van der Waals surface area contributed by atoms with Crippen molar-refractivity contribution in [1.29, 1.82) is 0 Å². The molecule has 0 aliphatic rings. The molecule has 0 spiro atoms. The highest BCUT2D eigenvalue weighted by molar-refractivity contribution is 6.77. The summed E-state index contributed by atoms with van der Waals surface area (Å²) < 4.78 is 12.1. The topological polar surface area (TPSA) is 35.5 Å². The lowest BCUT2D eigenvalue weighted by atomic mass is 10.2. The normalized spacial score (nSPS) is 11.8. The van der Waals surface area contributed by atoms with Crippen LogP contribution in [0.25, 0.3) is 0 Å². The van der Waals surface area contributed by atoms with Gasteiger partial charge in [0.2, 0.25) is 0 Å².